The number of hydrogen-bond acceptors (Lipinski definition) is 6. The lowest BCUT2D eigenvalue weighted by atomic mass is 10.1. The first kappa shape index (κ1) is 20.8. The average Bonchev–Trinajstić information content (AvgIpc) is 3.46. The fourth-order valence-corrected chi connectivity index (χ4v) is 5.14. The molecule has 0 atom stereocenters. The monoisotopic (exact) mass is 456 g/mol. The van der Waals surface area contributed by atoms with Crippen molar-refractivity contribution < 1.29 is 13.8 Å². The van der Waals surface area contributed by atoms with E-state index < -0.39 is 10.6 Å². The largest absolute Gasteiger partial charge is 0.489 e. The zero-order chi connectivity index (χ0) is 22.8. The van der Waals surface area contributed by atoms with Crippen molar-refractivity contribution >= 4 is 22.0 Å². The first-order chi connectivity index (χ1) is 16.0. The molecule has 0 saturated carbocycles. The third kappa shape index (κ3) is 4.08. The number of benzene rings is 3. The highest BCUT2D eigenvalue weighted by atomic mass is 32.3. The summed E-state index contributed by atoms with van der Waals surface area (Å²) in [4.78, 5) is 4.54. The zero-order valence-electron chi connectivity index (χ0n) is 17.4. The van der Waals surface area contributed by atoms with Crippen LogP contribution in [0.15, 0.2) is 102 Å². The van der Waals surface area contributed by atoms with E-state index in [0.717, 1.165) is 11.3 Å². The summed E-state index contributed by atoms with van der Waals surface area (Å²) in [6, 6.07) is 24.3. The van der Waals surface area contributed by atoms with E-state index in [2.05, 4.69) is 11.1 Å². The SMILES string of the molecule is N#Cc1ccc(N(C2=CS(O)(O)c3cc(OCc4ccccc4)ccc32)n2ccnc2)cc1. The fraction of sp³-hybridized carbons (Fsp3) is 0.0400. The molecule has 2 heterocycles. The van der Waals surface area contributed by atoms with Crippen LogP contribution in [0.1, 0.15) is 16.7 Å². The lowest BCUT2D eigenvalue weighted by Crippen LogP contribution is -2.26. The molecular weight excluding hydrogens is 436 g/mol. The van der Waals surface area contributed by atoms with Gasteiger partial charge in [-0.1, -0.05) is 30.3 Å². The van der Waals surface area contributed by atoms with Crippen molar-refractivity contribution in [2.75, 3.05) is 5.01 Å². The lowest BCUT2D eigenvalue weighted by Gasteiger charge is -2.27. The Labute approximate surface area is 192 Å². The van der Waals surface area contributed by atoms with Crippen molar-refractivity contribution in [3.63, 3.8) is 0 Å². The van der Waals surface area contributed by atoms with Gasteiger partial charge < -0.3 is 4.74 Å². The third-order valence-corrected chi connectivity index (χ3v) is 6.80. The number of ether oxygens (including phenoxy) is 1. The van der Waals surface area contributed by atoms with E-state index in [-0.39, 0.29) is 0 Å². The van der Waals surface area contributed by atoms with Crippen LogP contribution in [0, 0.1) is 11.3 Å². The molecule has 0 spiro atoms. The molecule has 0 unspecified atom stereocenters. The van der Waals surface area contributed by atoms with Gasteiger partial charge in [-0.2, -0.15) is 5.26 Å². The van der Waals surface area contributed by atoms with Crippen molar-refractivity contribution in [2.24, 2.45) is 0 Å². The van der Waals surface area contributed by atoms with Crippen molar-refractivity contribution in [3.8, 4) is 11.8 Å². The molecule has 5 rings (SSSR count). The Kier molecular flexibility index (Phi) is 5.36. The smallest absolute Gasteiger partial charge is 0.121 e. The molecule has 1 aliphatic rings. The Morgan fingerprint density at radius 1 is 1.03 bits per heavy atom. The number of aromatic nitrogens is 2. The molecule has 0 fully saturated rings. The molecule has 0 radical (unpaired) electrons. The predicted molar refractivity (Wildman–Crippen MR) is 128 cm³/mol. The summed E-state index contributed by atoms with van der Waals surface area (Å²) in [5.74, 6) is 0.555. The number of rotatable bonds is 6. The highest BCUT2D eigenvalue weighted by Crippen LogP contribution is 2.60. The van der Waals surface area contributed by atoms with Crippen LogP contribution in [0.2, 0.25) is 0 Å². The van der Waals surface area contributed by atoms with Gasteiger partial charge >= 0.3 is 0 Å². The van der Waals surface area contributed by atoms with Crippen molar-refractivity contribution in [1.29, 1.82) is 5.26 Å². The maximum absolute atomic E-state index is 10.9. The van der Waals surface area contributed by atoms with Gasteiger partial charge in [-0.15, -0.1) is 10.6 Å². The Balaban J connectivity index is 1.51. The summed E-state index contributed by atoms with van der Waals surface area (Å²) in [5, 5.41) is 12.4. The summed E-state index contributed by atoms with van der Waals surface area (Å²) in [7, 11) is -3.19. The number of hydrogen-bond donors (Lipinski definition) is 2. The van der Waals surface area contributed by atoms with Crippen LogP contribution < -0.4 is 9.75 Å². The normalized spacial score (nSPS) is 14.6. The van der Waals surface area contributed by atoms with E-state index in [9.17, 15) is 9.11 Å². The summed E-state index contributed by atoms with van der Waals surface area (Å²) in [6.07, 6.45) is 5.03. The molecule has 3 aromatic carbocycles. The maximum Gasteiger partial charge on any atom is 0.121 e. The van der Waals surface area contributed by atoms with E-state index in [1.165, 1.54) is 5.41 Å². The predicted octanol–water partition coefficient (Wildman–Crippen LogP) is 5.73. The molecule has 0 saturated heterocycles. The van der Waals surface area contributed by atoms with Gasteiger partial charge in [-0.05, 0) is 42.0 Å². The van der Waals surface area contributed by atoms with Gasteiger partial charge in [0.2, 0.25) is 0 Å². The minimum atomic E-state index is -3.19. The van der Waals surface area contributed by atoms with E-state index in [0.29, 0.717) is 34.1 Å². The van der Waals surface area contributed by atoms with E-state index >= 15 is 0 Å². The first-order valence-electron chi connectivity index (χ1n) is 10.1. The molecule has 8 heteroatoms. The Morgan fingerprint density at radius 3 is 2.52 bits per heavy atom. The average molecular weight is 457 g/mol. The quantitative estimate of drug-likeness (QED) is 0.385. The number of nitrogens with zero attached hydrogens (tertiary/aromatic N) is 4. The zero-order valence-corrected chi connectivity index (χ0v) is 18.3. The standard InChI is InChI=1S/C25H20N4O3S/c26-15-19-6-8-21(9-7-19)29(28-13-12-27-18-28)24-17-33(30,31)25-14-22(10-11-23(24)25)32-16-20-4-2-1-3-5-20/h1-14,17-18,30-31H,16H2. The van der Waals surface area contributed by atoms with Crippen LogP contribution in [0.25, 0.3) is 5.70 Å². The van der Waals surface area contributed by atoms with Crippen LogP contribution in [0.4, 0.5) is 5.69 Å². The molecule has 0 amide bonds. The van der Waals surface area contributed by atoms with Crippen molar-refractivity contribution in [1.82, 2.24) is 9.66 Å². The molecule has 164 valence electrons. The molecule has 1 aromatic heterocycles. The second-order valence-electron chi connectivity index (χ2n) is 7.44. The van der Waals surface area contributed by atoms with Gasteiger partial charge in [0.15, 0.2) is 0 Å². The minimum absolute atomic E-state index is 0.380. The minimum Gasteiger partial charge on any atom is -0.489 e. The molecule has 0 bridgehead atoms. The van der Waals surface area contributed by atoms with Gasteiger partial charge in [0, 0.05) is 24.0 Å². The molecule has 2 N–H and O–H groups in total. The van der Waals surface area contributed by atoms with Crippen molar-refractivity contribution in [3.05, 3.63) is 114 Å². The third-order valence-electron chi connectivity index (χ3n) is 5.27. The summed E-state index contributed by atoms with van der Waals surface area (Å²) < 4.78 is 29.5. The van der Waals surface area contributed by atoms with Crippen LogP contribution in [0.3, 0.4) is 0 Å². The molecule has 33 heavy (non-hydrogen) atoms. The Morgan fingerprint density at radius 2 is 1.82 bits per heavy atom. The topological polar surface area (TPSA) is 94.5 Å². The van der Waals surface area contributed by atoms with Crippen molar-refractivity contribution in [2.45, 2.75) is 11.5 Å². The van der Waals surface area contributed by atoms with E-state index in [4.69, 9.17) is 10.00 Å². The van der Waals surface area contributed by atoms with Crippen LogP contribution in [0.5, 0.6) is 5.75 Å². The van der Waals surface area contributed by atoms with Gasteiger partial charge in [-0.25, -0.2) is 14.7 Å². The number of anilines is 1. The Hall–Kier alpha value is -4.03. The van der Waals surface area contributed by atoms with Gasteiger partial charge in [0.05, 0.1) is 33.3 Å². The highest BCUT2D eigenvalue weighted by Gasteiger charge is 2.32. The number of imidazole rings is 1. The molecule has 7 nitrogen and oxygen atoms in total. The summed E-state index contributed by atoms with van der Waals surface area (Å²) >= 11 is 0. The Bertz CT molecular complexity index is 1340. The van der Waals surface area contributed by atoms with Gasteiger partial charge in [0.25, 0.3) is 0 Å². The second kappa shape index (κ2) is 8.48. The first-order valence-corrected chi connectivity index (χ1v) is 11.8. The summed E-state index contributed by atoms with van der Waals surface area (Å²) in [6.45, 7) is 0.380. The van der Waals surface area contributed by atoms with Crippen LogP contribution >= 0.6 is 10.6 Å². The molecule has 0 aliphatic carbocycles. The van der Waals surface area contributed by atoms with Crippen LogP contribution in [-0.2, 0) is 6.61 Å². The summed E-state index contributed by atoms with van der Waals surface area (Å²) in [5.41, 5.74) is 3.58. The number of nitriles is 1. The highest BCUT2D eigenvalue weighted by molar-refractivity contribution is 8.27. The molecular formula is C25H20N4O3S. The van der Waals surface area contributed by atoms with Crippen LogP contribution in [-0.4, -0.2) is 18.8 Å². The number of fused-ring (bicyclic) bond motifs is 1. The molecule has 4 aromatic rings. The molecule has 1 aliphatic heterocycles. The van der Waals surface area contributed by atoms with Gasteiger partial charge in [0.1, 0.15) is 18.7 Å². The lowest BCUT2D eigenvalue weighted by molar-refractivity contribution is 0.305. The fourth-order valence-electron chi connectivity index (χ4n) is 3.68. The second-order valence-corrected chi connectivity index (χ2v) is 9.30. The van der Waals surface area contributed by atoms with E-state index in [1.54, 1.807) is 53.7 Å². The maximum atomic E-state index is 10.9. The van der Waals surface area contributed by atoms with E-state index in [1.807, 2.05) is 47.5 Å². The van der Waals surface area contributed by atoms with Gasteiger partial charge in [-0.3, -0.25) is 9.11 Å².